The van der Waals surface area contributed by atoms with Crippen LogP contribution in [0, 0.1) is 11.3 Å². The fraction of sp³-hybridized carbons (Fsp3) is 0.905. The van der Waals surface area contributed by atoms with Gasteiger partial charge >= 0.3 is 6.18 Å². The number of ether oxygens (including phenoxy) is 1. The average Bonchev–Trinajstić information content (AvgIpc) is 3.14. The minimum absolute atomic E-state index is 0.00792. The molecule has 9 heteroatoms. The van der Waals surface area contributed by atoms with Gasteiger partial charge in [0.15, 0.2) is 0 Å². The van der Waals surface area contributed by atoms with E-state index in [0.29, 0.717) is 19.6 Å². The number of likely N-dealkylation sites (tertiary alicyclic amines) is 2. The highest BCUT2D eigenvalue weighted by atomic mass is 19.4. The molecule has 3 aliphatic rings. The van der Waals surface area contributed by atoms with Crippen molar-refractivity contribution in [1.82, 2.24) is 9.80 Å². The molecule has 0 aromatic rings. The number of methoxy groups -OCH3 is 1. The minimum Gasteiger partial charge on any atom is -0.387 e. The summed E-state index contributed by atoms with van der Waals surface area (Å²) in [5.41, 5.74) is -1.67. The summed E-state index contributed by atoms with van der Waals surface area (Å²) in [5.74, 6) is -0.299. The summed E-state index contributed by atoms with van der Waals surface area (Å²) in [6.07, 6.45) is -1.24. The predicted molar refractivity (Wildman–Crippen MR) is 104 cm³/mol. The number of nitrogens with zero attached hydrogens (tertiary/aromatic N) is 2. The Morgan fingerprint density at radius 1 is 1.23 bits per heavy atom. The first-order valence-electron chi connectivity index (χ1n) is 10.9. The molecule has 2 saturated heterocycles. The van der Waals surface area contributed by atoms with Crippen molar-refractivity contribution in [1.29, 1.82) is 0 Å². The van der Waals surface area contributed by atoms with Crippen molar-refractivity contribution < 1.29 is 32.6 Å². The van der Waals surface area contributed by atoms with Crippen molar-refractivity contribution >= 4 is 11.8 Å². The fourth-order valence-corrected chi connectivity index (χ4v) is 5.52. The van der Waals surface area contributed by atoms with Crippen LogP contribution in [0.3, 0.4) is 0 Å². The van der Waals surface area contributed by atoms with Gasteiger partial charge in [-0.15, -0.1) is 0 Å². The van der Waals surface area contributed by atoms with Crippen molar-refractivity contribution in [3.8, 4) is 0 Å². The Kier molecular flexibility index (Phi) is 7.01. The van der Waals surface area contributed by atoms with E-state index in [1.54, 1.807) is 12.0 Å². The van der Waals surface area contributed by atoms with Crippen LogP contribution in [0.5, 0.6) is 0 Å². The molecule has 0 radical (unpaired) electrons. The molecule has 172 valence electrons. The second-order valence-corrected chi connectivity index (χ2v) is 9.33. The number of halogens is 3. The zero-order chi connectivity index (χ0) is 22.0. The van der Waals surface area contributed by atoms with E-state index >= 15 is 0 Å². The van der Waals surface area contributed by atoms with Gasteiger partial charge < -0.3 is 19.6 Å². The number of rotatable bonds is 6. The van der Waals surface area contributed by atoms with Gasteiger partial charge in [-0.05, 0) is 31.6 Å². The molecule has 0 aromatic heterocycles. The topological polar surface area (TPSA) is 70.1 Å². The summed E-state index contributed by atoms with van der Waals surface area (Å²) in [4.78, 5) is 28.3. The maximum Gasteiger partial charge on any atom is 0.389 e. The summed E-state index contributed by atoms with van der Waals surface area (Å²) in [6, 6.07) is 0. The van der Waals surface area contributed by atoms with Gasteiger partial charge in [0.25, 0.3) is 0 Å². The highest BCUT2D eigenvalue weighted by Crippen LogP contribution is 2.51. The molecule has 2 unspecified atom stereocenters. The van der Waals surface area contributed by atoms with Crippen LogP contribution >= 0.6 is 0 Å². The Morgan fingerprint density at radius 3 is 2.53 bits per heavy atom. The standard InChI is InChI=1S/C21H33F3N2O4/c1-30-13-16-5-10-25(18(28)12-16)15-20(29)9-11-26(14-19(20)6-2-3-7-19)17(27)4-8-21(22,23)24/h16,29H,2-15H2,1H3. The van der Waals surface area contributed by atoms with E-state index < -0.39 is 35.9 Å². The van der Waals surface area contributed by atoms with Gasteiger partial charge in [-0.1, -0.05) is 12.8 Å². The Balaban J connectivity index is 1.67. The van der Waals surface area contributed by atoms with Crippen molar-refractivity contribution in [3.63, 3.8) is 0 Å². The highest BCUT2D eigenvalue weighted by Gasteiger charge is 2.56. The number of aliphatic hydroxyl groups is 1. The van der Waals surface area contributed by atoms with Gasteiger partial charge in [0.2, 0.25) is 11.8 Å². The molecule has 2 heterocycles. The molecule has 2 amide bonds. The third kappa shape index (κ3) is 5.10. The summed E-state index contributed by atoms with van der Waals surface area (Å²) in [6.45, 7) is 1.84. The number of carbonyl (C=O) groups is 2. The van der Waals surface area contributed by atoms with Gasteiger partial charge in [0.05, 0.1) is 18.6 Å². The SMILES string of the molecule is COCC1CCN(CC2(O)CCN(C(=O)CCC(F)(F)F)CC23CCCC3)C(=O)C1. The molecule has 1 spiro atoms. The van der Waals surface area contributed by atoms with Crippen LogP contribution in [0.2, 0.25) is 0 Å². The molecule has 1 saturated carbocycles. The molecule has 0 bridgehead atoms. The molecule has 30 heavy (non-hydrogen) atoms. The van der Waals surface area contributed by atoms with E-state index in [4.69, 9.17) is 4.74 Å². The number of amides is 2. The Labute approximate surface area is 175 Å². The minimum atomic E-state index is -4.35. The van der Waals surface area contributed by atoms with Gasteiger partial charge in [0.1, 0.15) is 0 Å². The quantitative estimate of drug-likeness (QED) is 0.698. The second kappa shape index (κ2) is 9.02. The summed E-state index contributed by atoms with van der Waals surface area (Å²) < 4.78 is 42.7. The lowest BCUT2D eigenvalue weighted by Crippen LogP contribution is -2.64. The molecule has 2 aliphatic heterocycles. The molecule has 3 rings (SSSR count). The predicted octanol–water partition coefficient (Wildman–Crippen LogP) is 2.74. The summed E-state index contributed by atoms with van der Waals surface area (Å²) >= 11 is 0. The monoisotopic (exact) mass is 434 g/mol. The molecule has 1 aliphatic carbocycles. The van der Waals surface area contributed by atoms with Crippen LogP contribution in [0.1, 0.15) is 57.8 Å². The number of carbonyl (C=O) groups excluding carboxylic acids is 2. The van der Waals surface area contributed by atoms with E-state index in [1.807, 2.05) is 0 Å². The lowest BCUT2D eigenvalue weighted by molar-refractivity contribution is -0.172. The van der Waals surface area contributed by atoms with Crippen molar-refractivity contribution in [3.05, 3.63) is 0 Å². The van der Waals surface area contributed by atoms with Crippen LogP contribution in [-0.2, 0) is 14.3 Å². The van der Waals surface area contributed by atoms with E-state index in [2.05, 4.69) is 0 Å². The van der Waals surface area contributed by atoms with E-state index in [-0.39, 0.29) is 37.9 Å². The van der Waals surface area contributed by atoms with Crippen molar-refractivity contribution in [2.24, 2.45) is 11.3 Å². The number of β-amino-alcohol motifs (C(OH)–C–C–N with tert-alkyl or cyclic N) is 1. The molecule has 6 nitrogen and oxygen atoms in total. The summed E-state index contributed by atoms with van der Waals surface area (Å²) in [7, 11) is 1.62. The Bertz CT molecular complexity index is 636. The lowest BCUT2D eigenvalue weighted by Gasteiger charge is -2.54. The first kappa shape index (κ1) is 23.3. The van der Waals surface area contributed by atoms with E-state index in [9.17, 15) is 27.9 Å². The number of piperidine rings is 2. The average molecular weight is 434 g/mol. The molecule has 3 fully saturated rings. The van der Waals surface area contributed by atoms with E-state index in [1.165, 1.54) is 4.90 Å². The number of alkyl halides is 3. The first-order valence-corrected chi connectivity index (χ1v) is 10.9. The van der Waals surface area contributed by atoms with Crippen molar-refractivity contribution in [2.45, 2.75) is 69.6 Å². The number of hydrogen-bond acceptors (Lipinski definition) is 4. The van der Waals surface area contributed by atoms with Crippen LogP contribution < -0.4 is 0 Å². The molecular formula is C21H33F3N2O4. The Morgan fingerprint density at radius 2 is 1.93 bits per heavy atom. The van der Waals surface area contributed by atoms with Gasteiger partial charge in [0, 0.05) is 51.6 Å². The van der Waals surface area contributed by atoms with Gasteiger partial charge in [-0.25, -0.2) is 0 Å². The van der Waals surface area contributed by atoms with Crippen LogP contribution in [0.4, 0.5) is 13.2 Å². The largest absolute Gasteiger partial charge is 0.389 e. The third-order valence-electron chi connectivity index (χ3n) is 7.29. The normalized spacial score (nSPS) is 29.6. The van der Waals surface area contributed by atoms with Crippen LogP contribution in [-0.4, -0.2) is 78.4 Å². The molecule has 1 N–H and O–H groups in total. The van der Waals surface area contributed by atoms with E-state index in [0.717, 1.165) is 32.1 Å². The zero-order valence-corrected chi connectivity index (χ0v) is 17.7. The maximum atomic E-state index is 12.6. The van der Waals surface area contributed by atoms with Crippen LogP contribution in [0.15, 0.2) is 0 Å². The fourth-order valence-electron chi connectivity index (χ4n) is 5.52. The summed E-state index contributed by atoms with van der Waals surface area (Å²) in [5, 5.41) is 11.7. The first-order chi connectivity index (χ1) is 14.1. The number of hydrogen-bond donors (Lipinski definition) is 1. The molecular weight excluding hydrogens is 401 g/mol. The Hall–Kier alpha value is -1.35. The third-order valence-corrected chi connectivity index (χ3v) is 7.29. The highest BCUT2D eigenvalue weighted by molar-refractivity contribution is 5.77. The zero-order valence-electron chi connectivity index (χ0n) is 17.7. The second-order valence-electron chi connectivity index (χ2n) is 9.33. The van der Waals surface area contributed by atoms with Gasteiger partial charge in [-0.3, -0.25) is 9.59 Å². The van der Waals surface area contributed by atoms with Crippen molar-refractivity contribution in [2.75, 3.05) is 39.9 Å². The maximum absolute atomic E-state index is 12.6. The lowest BCUT2D eigenvalue weighted by atomic mass is 9.65. The molecule has 0 aromatic carbocycles. The smallest absolute Gasteiger partial charge is 0.387 e. The van der Waals surface area contributed by atoms with Crippen LogP contribution in [0.25, 0.3) is 0 Å². The van der Waals surface area contributed by atoms with Gasteiger partial charge in [-0.2, -0.15) is 13.2 Å². The molecule has 2 atom stereocenters.